The summed E-state index contributed by atoms with van der Waals surface area (Å²) in [4.78, 5) is 24.0. The van der Waals surface area contributed by atoms with E-state index < -0.39 is 0 Å². The molecule has 2 fully saturated rings. The fraction of sp³-hybridized carbons (Fsp3) is 0.455. The van der Waals surface area contributed by atoms with Crippen molar-refractivity contribution in [2.75, 3.05) is 56.2 Å². The topological polar surface area (TPSA) is 48.9 Å². The second-order valence-corrected chi connectivity index (χ2v) is 7.78. The summed E-state index contributed by atoms with van der Waals surface area (Å²) < 4.78 is 18.8. The second kappa shape index (κ2) is 8.88. The average molecular weight is 398 g/mol. The van der Waals surface area contributed by atoms with Crippen molar-refractivity contribution in [3.63, 3.8) is 0 Å². The zero-order valence-corrected chi connectivity index (χ0v) is 16.8. The number of hydrogen-bond donors (Lipinski definition) is 0. The zero-order valence-electron chi connectivity index (χ0n) is 16.8. The van der Waals surface area contributed by atoms with Crippen molar-refractivity contribution in [2.45, 2.75) is 13.0 Å². The number of anilines is 2. The second-order valence-electron chi connectivity index (χ2n) is 7.78. The number of likely N-dealkylation sites (N-methyl/N-ethyl adjacent to an activating group) is 1. The van der Waals surface area contributed by atoms with Crippen LogP contribution in [0.15, 0.2) is 42.6 Å². The van der Waals surface area contributed by atoms with E-state index in [1.54, 1.807) is 17.0 Å². The highest BCUT2D eigenvalue weighted by atomic mass is 19.1. The van der Waals surface area contributed by atoms with Crippen molar-refractivity contribution in [3.05, 3.63) is 54.0 Å². The molecule has 1 unspecified atom stereocenters. The molecule has 1 aromatic heterocycles. The Balaban J connectivity index is 1.50. The minimum atomic E-state index is -0.316. The molecule has 1 amide bonds. The van der Waals surface area contributed by atoms with Gasteiger partial charge in [-0.15, -0.1) is 0 Å². The summed E-state index contributed by atoms with van der Waals surface area (Å²) in [6, 6.07) is 10.1. The molecular formula is C22H27FN4O2. The molecule has 2 aliphatic rings. The Labute approximate surface area is 170 Å². The van der Waals surface area contributed by atoms with Crippen molar-refractivity contribution in [1.29, 1.82) is 0 Å². The number of rotatable bonds is 5. The van der Waals surface area contributed by atoms with Crippen LogP contribution >= 0.6 is 0 Å². The number of ether oxygens (including phenoxy) is 1. The van der Waals surface area contributed by atoms with Gasteiger partial charge in [-0.05, 0) is 49.4 Å². The molecule has 2 aromatic rings. The molecule has 1 aromatic carbocycles. The Morgan fingerprint density at radius 1 is 1.17 bits per heavy atom. The molecule has 2 saturated heterocycles. The van der Waals surface area contributed by atoms with E-state index >= 15 is 0 Å². The molecule has 2 aliphatic heterocycles. The van der Waals surface area contributed by atoms with Gasteiger partial charge in [0.1, 0.15) is 11.6 Å². The van der Waals surface area contributed by atoms with Gasteiger partial charge in [0.15, 0.2) is 0 Å². The highest BCUT2D eigenvalue weighted by Gasteiger charge is 2.29. The van der Waals surface area contributed by atoms with Crippen molar-refractivity contribution < 1.29 is 13.9 Å². The first-order valence-electron chi connectivity index (χ1n) is 10.1. The number of carbonyl (C=O) groups is 1. The van der Waals surface area contributed by atoms with E-state index in [9.17, 15) is 9.18 Å². The van der Waals surface area contributed by atoms with Crippen molar-refractivity contribution in [1.82, 2.24) is 9.88 Å². The number of carbonyl (C=O) groups excluding carboxylic acids is 1. The standard InChI is InChI=1S/C22H27FN4O2/c1-25-9-11-26(12-10-25)21-7-2-17(14-24-21)15-27(20-5-3-19(23)4-6-20)22(28)18-8-13-29-16-18/h2-7,14,18H,8-13,15-16H2,1H3. The van der Waals surface area contributed by atoms with Crippen LogP contribution in [0.5, 0.6) is 0 Å². The smallest absolute Gasteiger partial charge is 0.232 e. The number of piperazine rings is 1. The van der Waals surface area contributed by atoms with Gasteiger partial charge in [0.2, 0.25) is 5.91 Å². The molecule has 3 heterocycles. The molecule has 7 heteroatoms. The quantitative estimate of drug-likeness (QED) is 0.775. The Kier molecular flexibility index (Phi) is 6.06. The Bertz CT molecular complexity index is 814. The Morgan fingerprint density at radius 2 is 1.93 bits per heavy atom. The van der Waals surface area contributed by atoms with Gasteiger partial charge in [0, 0.05) is 44.7 Å². The van der Waals surface area contributed by atoms with Crippen molar-refractivity contribution >= 4 is 17.4 Å². The summed E-state index contributed by atoms with van der Waals surface area (Å²) in [6.45, 7) is 5.43. The van der Waals surface area contributed by atoms with Crippen LogP contribution in [0.2, 0.25) is 0 Å². The number of aromatic nitrogens is 1. The Morgan fingerprint density at radius 3 is 2.55 bits per heavy atom. The van der Waals surface area contributed by atoms with Crippen LogP contribution in [0.4, 0.5) is 15.9 Å². The number of halogens is 1. The van der Waals surface area contributed by atoms with E-state index in [0.717, 1.165) is 44.0 Å². The number of pyridine rings is 1. The summed E-state index contributed by atoms with van der Waals surface area (Å²) in [5, 5.41) is 0. The number of amides is 1. The maximum atomic E-state index is 13.4. The number of nitrogens with zero attached hydrogens (tertiary/aromatic N) is 4. The molecule has 0 N–H and O–H groups in total. The zero-order chi connectivity index (χ0) is 20.2. The van der Waals surface area contributed by atoms with Gasteiger partial charge in [0.25, 0.3) is 0 Å². The van der Waals surface area contributed by atoms with Gasteiger partial charge in [-0.2, -0.15) is 0 Å². The van der Waals surface area contributed by atoms with Gasteiger partial charge in [-0.3, -0.25) is 4.79 Å². The highest BCUT2D eigenvalue weighted by molar-refractivity contribution is 5.95. The maximum Gasteiger partial charge on any atom is 0.232 e. The van der Waals surface area contributed by atoms with Gasteiger partial charge in [0.05, 0.1) is 19.1 Å². The van der Waals surface area contributed by atoms with Crippen LogP contribution in [-0.4, -0.2) is 62.2 Å². The highest BCUT2D eigenvalue weighted by Crippen LogP contribution is 2.24. The maximum absolute atomic E-state index is 13.4. The first-order valence-corrected chi connectivity index (χ1v) is 10.1. The van der Waals surface area contributed by atoms with E-state index in [-0.39, 0.29) is 17.6 Å². The predicted octanol–water partition coefficient (Wildman–Crippen LogP) is 2.54. The van der Waals surface area contributed by atoms with Crippen LogP contribution in [0, 0.1) is 11.7 Å². The first kappa shape index (κ1) is 19.8. The average Bonchev–Trinajstić information content (AvgIpc) is 3.28. The van der Waals surface area contributed by atoms with Crippen LogP contribution in [-0.2, 0) is 16.1 Å². The molecular weight excluding hydrogens is 371 g/mol. The monoisotopic (exact) mass is 398 g/mol. The van der Waals surface area contributed by atoms with E-state index in [0.29, 0.717) is 25.4 Å². The van der Waals surface area contributed by atoms with E-state index in [2.05, 4.69) is 21.8 Å². The van der Waals surface area contributed by atoms with Crippen molar-refractivity contribution in [3.8, 4) is 0 Å². The molecule has 0 spiro atoms. The molecule has 0 bridgehead atoms. The lowest BCUT2D eigenvalue weighted by Crippen LogP contribution is -2.44. The van der Waals surface area contributed by atoms with Gasteiger partial charge in [-0.1, -0.05) is 6.07 Å². The van der Waals surface area contributed by atoms with Crippen LogP contribution in [0.3, 0.4) is 0 Å². The van der Waals surface area contributed by atoms with E-state index in [4.69, 9.17) is 4.74 Å². The third-order valence-electron chi connectivity index (χ3n) is 5.66. The van der Waals surface area contributed by atoms with Gasteiger partial charge in [-0.25, -0.2) is 9.37 Å². The lowest BCUT2D eigenvalue weighted by molar-refractivity contribution is -0.122. The molecule has 154 valence electrons. The van der Waals surface area contributed by atoms with E-state index in [1.165, 1.54) is 12.1 Å². The molecule has 6 nitrogen and oxygen atoms in total. The van der Waals surface area contributed by atoms with Gasteiger partial charge < -0.3 is 19.4 Å². The normalized spacial score (nSPS) is 20.1. The minimum Gasteiger partial charge on any atom is -0.381 e. The Hall–Kier alpha value is -2.51. The van der Waals surface area contributed by atoms with Gasteiger partial charge >= 0.3 is 0 Å². The predicted molar refractivity (Wildman–Crippen MR) is 110 cm³/mol. The van der Waals surface area contributed by atoms with E-state index in [1.807, 2.05) is 18.3 Å². The molecule has 29 heavy (non-hydrogen) atoms. The molecule has 4 rings (SSSR count). The minimum absolute atomic E-state index is 0.0113. The fourth-order valence-corrected chi connectivity index (χ4v) is 3.78. The largest absolute Gasteiger partial charge is 0.381 e. The first-order chi connectivity index (χ1) is 14.1. The molecule has 0 aliphatic carbocycles. The molecule has 0 radical (unpaired) electrons. The summed E-state index contributed by atoms with van der Waals surface area (Å²) in [6.07, 6.45) is 2.56. The lowest BCUT2D eigenvalue weighted by atomic mass is 10.1. The summed E-state index contributed by atoms with van der Waals surface area (Å²) in [7, 11) is 2.13. The summed E-state index contributed by atoms with van der Waals surface area (Å²) >= 11 is 0. The fourth-order valence-electron chi connectivity index (χ4n) is 3.78. The molecule has 0 saturated carbocycles. The third kappa shape index (κ3) is 4.74. The SMILES string of the molecule is CN1CCN(c2ccc(CN(C(=O)C3CCOC3)c3ccc(F)cc3)cn2)CC1. The van der Waals surface area contributed by atoms with Crippen LogP contribution in [0.1, 0.15) is 12.0 Å². The number of benzene rings is 1. The third-order valence-corrected chi connectivity index (χ3v) is 5.66. The van der Waals surface area contributed by atoms with Crippen LogP contribution in [0.25, 0.3) is 0 Å². The summed E-state index contributed by atoms with van der Waals surface area (Å²) in [5.74, 6) is 0.504. The van der Waals surface area contributed by atoms with Crippen LogP contribution < -0.4 is 9.80 Å². The summed E-state index contributed by atoms with van der Waals surface area (Å²) in [5.41, 5.74) is 1.63. The van der Waals surface area contributed by atoms with Crippen molar-refractivity contribution in [2.24, 2.45) is 5.92 Å². The lowest BCUT2D eigenvalue weighted by Gasteiger charge is -2.33. The molecule has 1 atom stereocenters. The number of hydrogen-bond acceptors (Lipinski definition) is 5.